The minimum absolute atomic E-state index is 0.0985. The van der Waals surface area contributed by atoms with Crippen molar-refractivity contribution in [3.05, 3.63) is 81.3 Å². The summed E-state index contributed by atoms with van der Waals surface area (Å²) in [7, 11) is 1.31. The monoisotopic (exact) mass is 444 g/mol. The summed E-state index contributed by atoms with van der Waals surface area (Å²) in [4.78, 5) is 30.5. The molecular formula is C22H21ClN2O4S. The molecule has 0 saturated carbocycles. The number of esters is 1. The lowest BCUT2D eigenvalue weighted by Gasteiger charge is -2.21. The zero-order chi connectivity index (χ0) is 21.3. The van der Waals surface area contributed by atoms with Crippen LogP contribution in [0.3, 0.4) is 0 Å². The Morgan fingerprint density at radius 1 is 1.10 bits per heavy atom. The number of amides is 1. The molecule has 1 aromatic heterocycles. The third-order valence-corrected chi connectivity index (χ3v) is 5.35. The number of carbonyl (C=O) groups is 2. The summed E-state index contributed by atoms with van der Waals surface area (Å²) in [5, 5.41) is 3.23. The summed E-state index contributed by atoms with van der Waals surface area (Å²) in [6, 6.07) is 16.6. The van der Waals surface area contributed by atoms with Crippen LogP contribution >= 0.6 is 22.9 Å². The molecule has 0 aliphatic rings. The van der Waals surface area contributed by atoms with Crippen molar-refractivity contribution < 1.29 is 19.1 Å². The maximum Gasteiger partial charge on any atom is 0.325 e. The smallest absolute Gasteiger partial charge is 0.325 e. The van der Waals surface area contributed by atoms with E-state index < -0.39 is 5.97 Å². The van der Waals surface area contributed by atoms with Crippen LogP contribution in [0.2, 0.25) is 5.02 Å². The van der Waals surface area contributed by atoms with E-state index in [1.807, 2.05) is 35.7 Å². The molecule has 0 unspecified atom stereocenters. The van der Waals surface area contributed by atoms with Gasteiger partial charge < -0.3 is 14.4 Å². The maximum absolute atomic E-state index is 12.8. The van der Waals surface area contributed by atoms with Gasteiger partial charge in [0, 0.05) is 16.9 Å². The van der Waals surface area contributed by atoms with Crippen LogP contribution in [0.4, 0.5) is 0 Å². The lowest BCUT2D eigenvalue weighted by Crippen LogP contribution is -2.36. The van der Waals surface area contributed by atoms with Crippen molar-refractivity contribution >= 4 is 34.8 Å². The topological polar surface area (TPSA) is 68.7 Å². The molecule has 0 spiro atoms. The zero-order valence-electron chi connectivity index (χ0n) is 16.4. The van der Waals surface area contributed by atoms with Gasteiger partial charge in [-0.15, -0.1) is 11.3 Å². The zero-order valence-corrected chi connectivity index (χ0v) is 18.0. The van der Waals surface area contributed by atoms with Crippen molar-refractivity contribution in [2.24, 2.45) is 0 Å². The highest BCUT2D eigenvalue weighted by molar-refractivity contribution is 7.09. The van der Waals surface area contributed by atoms with E-state index >= 15 is 0 Å². The van der Waals surface area contributed by atoms with Crippen LogP contribution in [0.1, 0.15) is 16.3 Å². The molecule has 3 aromatic rings. The number of halogens is 1. The summed E-state index contributed by atoms with van der Waals surface area (Å²) < 4.78 is 10.4. The fourth-order valence-electron chi connectivity index (χ4n) is 2.70. The molecule has 8 heteroatoms. The quantitative estimate of drug-likeness (QED) is 0.464. The first-order valence-electron chi connectivity index (χ1n) is 9.23. The average molecular weight is 445 g/mol. The first-order chi connectivity index (χ1) is 14.5. The van der Waals surface area contributed by atoms with E-state index in [4.69, 9.17) is 21.1 Å². The van der Waals surface area contributed by atoms with Crippen LogP contribution in [-0.2, 0) is 33.9 Å². The molecule has 0 atom stereocenters. The SMILES string of the molecule is COC(=O)CN(Cc1ccccc1)C(=O)Cc1csc(COc2ccc(Cl)cc2)n1. The number of hydrogen-bond acceptors (Lipinski definition) is 6. The van der Waals surface area contributed by atoms with E-state index in [-0.39, 0.29) is 18.9 Å². The van der Waals surface area contributed by atoms with E-state index in [2.05, 4.69) is 4.98 Å². The molecule has 0 aliphatic carbocycles. The number of benzene rings is 2. The Bertz CT molecular complexity index is 976. The van der Waals surface area contributed by atoms with E-state index in [0.29, 0.717) is 29.6 Å². The van der Waals surface area contributed by atoms with Gasteiger partial charge in [0.2, 0.25) is 5.91 Å². The second-order valence-electron chi connectivity index (χ2n) is 6.46. The number of ether oxygens (including phenoxy) is 2. The molecule has 0 N–H and O–H groups in total. The molecular weight excluding hydrogens is 424 g/mol. The number of carbonyl (C=O) groups excluding carboxylic acids is 2. The van der Waals surface area contributed by atoms with Crippen molar-refractivity contribution in [2.45, 2.75) is 19.6 Å². The number of aromatic nitrogens is 1. The fraction of sp³-hybridized carbons (Fsp3) is 0.227. The lowest BCUT2D eigenvalue weighted by molar-refractivity contribution is -0.147. The van der Waals surface area contributed by atoms with E-state index in [1.54, 1.807) is 24.3 Å². The molecule has 0 radical (unpaired) electrons. The maximum atomic E-state index is 12.8. The van der Waals surface area contributed by atoms with Crippen LogP contribution in [0.5, 0.6) is 5.75 Å². The summed E-state index contributed by atoms with van der Waals surface area (Å²) in [6.45, 7) is 0.517. The van der Waals surface area contributed by atoms with Crippen molar-refractivity contribution in [1.29, 1.82) is 0 Å². The highest BCUT2D eigenvalue weighted by atomic mass is 35.5. The van der Waals surface area contributed by atoms with E-state index in [1.165, 1.54) is 23.3 Å². The summed E-state index contributed by atoms with van der Waals surface area (Å²) >= 11 is 7.29. The normalized spacial score (nSPS) is 10.5. The Kier molecular flexibility index (Phi) is 7.82. The minimum atomic E-state index is -0.463. The van der Waals surface area contributed by atoms with Crippen molar-refractivity contribution in [3.8, 4) is 5.75 Å². The Hall–Kier alpha value is -2.90. The second-order valence-corrected chi connectivity index (χ2v) is 7.84. The molecule has 0 bridgehead atoms. The molecule has 156 valence electrons. The molecule has 1 amide bonds. The predicted molar refractivity (Wildman–Crippen MR) is 115 cm³/mol. The number of thiazole rings is 1. The van der Waals surface area contributed by atoms with Gasteiger partial charge in [-0.2, -0.15) is 0 Å². The van der Waals surface area contributed by atoms with Gasteiger partial charge in [-0.1, -0.05) is 41.9 Å². The van der Waals surface area contributed by atoms with Crippen LogP contribution < -0.4 is 4.74 Å². The Morgan fingerprint density at radius 2 is 1.83 bits per heavy atom. The highest BCUT2D eigenvalue weighted by Crippen LogP contribution is 2.19. The number of rotatable bonds is 9. The van der Waals surface area contributed by atoms with Gasteiger partial charge in [-0.25, -0.2) is 4.98 Å². The fourth-order valence-corrected chi connectivity index (χ4v) is 3.53. The van der Waals surface area contributed by atoms with Crippen molar-refractivity contribution in [3.63, 3.8) is 0 Å². The molecule has 6 nitrogen and oxygen atoms in total. The largest absolute Gasteiger partial charge is 0.486 e. The van der Waals surface area contributed by atoms with Crippen LogP contribution in [0.15, 0.2) is 60.0 Å². The Labute approximate surface area is 184 Å². The molecule has 0 saturated heterocycles. The Balaban J connectivity index is 1.60. The third-order valence-electron chi connectivity index (χ3n) is 4.22. The van der Waals surface area contributed by atoms with Gasteiger partial charge in [-0.3, -0.25) is 9.59 Å². The molecule has 30 heavy (non-hydrogen) atoms. The van der Waals surface area contributed by atoms with Gasteiger partial charge in [0.05, 0.1) is 19.2 Å². The van der Waals surface area contributed by atoms with Gasteiger partial charge in [0.1, 0.15) is 23.9 Å². The van der Waals surface area contributed by atoms with Crippen LogP contribution in [-0.4, -0.2) is 35.4 Å². The number of methoxy groups -OCH3 is 1. The van der Waals surface area contributed by atoms with Crippen LogP contribution in [0, 0.1) is 0 Å². The predicted octanol–water partition coefficient (Wildman–Crippen LogP) is 4.12. The lowest BCUT2D eigenvalue weighted by atomic mass is 10.2. The summed E-state index contributed by atoms with van der Waals surface area (Å²) in [6.07, 6.45) is 0.0985. The average Bonchev–Trinajstić information content (AvgIpc) is 3.20. The van der Waals surface area contributed by atoms with Gasteiger partial charge in [0.25, 0.3) is 0 Å². The van der Waals surface area contributed by atoms with E-state index in [0.717, 1.165) is 10.6 Å². The molecule has 0 fully saturated rings. The molecule has 2 aromatic carbocycles. The molecule has 3 rings (SSSR count). The molecule has 1 heterocycles. The van der Waals surface area contributed by atoms with Gasteiger partial charge in [-0.05, 0) is 29.8 Å². The number of hydrogen-bond donors (Lipinski definition) is 0. The third kappa shape index (κ3) is 6.57. The van der Waals surface area contributed by atoms with E-state index in [9.17, 15) is 9.59 Å². The first kappa shape index (κ1) is 21.8. The van der Waals surface area contributed by atoms with Crippen LogP contribution in [0.25, 0.3) is 0 Å². The van der Waals surface area contributed by atoms with Gasteiger partial charge >= 0.3 is 5.97 Å². The number of nitrogens with zero attached hydrogens (tertiary/aromatic N) is 2. The highest BCUT2D eigenvalue weighted by Gasteiger charge is 2.19. The molecule has 0 aliphatic heterocycles. The summed E-state index contributed by atoms with van der Waals surface area (Å²) in [5.41, 5.74) is 1.58. The first-order valence-corrected chi connectivity index (χ1v) is 10.5. The minimum Gasteiger partial charge on any atom is -0.486 e. The standard InChI is InChI=1S/C22H21ClN2O4S/c1-28-22(27)13-25(12-16-5-3-2-4-6-16)21(26)11-18-15-30-20(24-18)14-29-19-9-7-17(23)8-10-19/h2-10,15H,11-14H2,1H3. The van der Waals surface area contributed by atoms with Crippen molar-refractivity contribution in [1.82, 2.24) is 9.88 Å². The van der Waals surface area contributed by atoms with Gasteiger partial charge in [0.15, 0.2) is 0 Å². The summed E-state index contributed by atoms with van der Waals surface area (Å²) in [5.74, 6) is 0.0358. The second kappa shape index (κ2) is 10.8. The van der Waals surface area contributed by atoms with Crippen molar-refractivity contribution in [2.75, 3.05) is 13.7 Å². The Morgan fingerprint density at radius 3 is 2.53 bits per heavy atom.